The van der Waals surface area contributed by atoms with Crippen molar-refractivity contribution in [1.82, 2.24) is 4.57 Å². The lowest BCUT2D eigenvalue weighted by Crippen LogP contribution is -2.27. The van der Waals surface area contributed by atoms with Crippen LogP contribution < -0.4 is 10.6 Å². The maximum atomic E-state index is 12.2. The van der Waals surface area contributed by atoms with Gasteiger partial charge in [-0.2, -0.15) is 5.26 Å². The van der Waals surface area contributed by atoms with Crippen LogP contribution in [0.1, 0.15) is 28.5 Å². The molecule has 0 unspecified atom stereocenters. The van der Waals surface area contributed by atoms with Crippen molar-refractivity contribution in [3.8, 4) is 11.8 Å². The quantitative estimate of drug-likeness (QED) is 0.776. The van der Waals surface area contributed by atoms with Gasteiger partial charge in [-0.1, -0.05) is 15.9 Å². The molecule has 3 rings (SSSR count). The minimum Gasteiger partial charge on any atom is -0.464 e. The lowest BCUT2D eigenvalue weighted by molar-refractivity contribution is -0.116. The number of halogens is 1. The fourth-order valence-electron chi connectivity index (χ4n) is 3.09. The average molecular weight is 403 g/mol. The molecule has 0 saturated carbocycles. The zero-order chi connectivity index (χ0) is 18.3. The standard InChI is InChI=1S/C17H15BrN4O3/c1-9(23)21-4-3-10-5-12(18)6-13(15(10)21)22-8-11(7-19)14(20)16(22)17(24)25-2/h5-6,8H,3-4,20H2,1-2H3. The number of carbonyl (C=O) groups is 2. The van der Waals surface area contributed by atoms with Crippen LogP contribution in [-0.4, -0.2) is 30.1 Å². The van der Waals surface area contributed by atoms with E-state index < -0.39 is 5.97 Å². The molecule has 0 bridgehead atoms. The van der Waals surface area contributed by atoms with E-state index in [1.54, 1.807) is 11.0 Å². The van der Waals surface area contributed by atoms with Gasteiger partial charge in [-0.25, -0.2) is 4.79 Å². The summed E-state index contributed by atoms with van der Waals surface area (Å²) in [7, 11) is 1.25. The summed E-state index contributed by atoms with van der Waals surface area (Å²) in [6.45, 7) is 2.05. The van der Waals surface area contributed by atoms with Gasteiger partial charge in [-0.15, -0.1) is 0 Å². The highest BCUT2D eigenvalue weighted by atomic mass is 79.9. The van der Waals surface area contributed by atoms with Gasteiger partial charge in [-0.3, -0.25) is 4.79 Å². The first-order valence-corrected chi connectivity index (χ1v) is 8.28. The summed E-state index contributed by atoms with van der Waals surface area (Å²) in [6, 6.07) is 5.70. The van der Waals surface area contributed by atoms with Crippen LogP contribution in [0.5, 0.6) is 0 Å². The van der Waals surface area contributed by atoms with E-state index in [1.807, 2.05) is 12.1 Å². The Bertz CT molecular complexity index is 942. The summed E-state index contributed by atoms with van der Waals surface area (Å²) < 4.78 is 7.14. The highest BCUT2D eigenvalue weighted by molar-refractivity contribution is 9.10. The third-order valence-electron chi connectivity index (χ3n) is 4.19. The second kappa shape index (κ2) is 6.26. The lowest BCUT2D eigenvalue weighted by Gasteiger charge is -2.20. The molecule has 1 aliphatic rings. The van der Waals surface area contributed by atoms with E-state index in [-0.39, 0.29) is 22.9 Å². The van der Waals surface area contributed by atoms with Crippen LogP contribution in [0.15, 0.2) is 22.8 Å². The van der Waals surface area contributed by atoms with Gasteiger partial charge >= 0.3 is 5.97 Å². The van der Waals surface area contributed by atoms with Gasteiger partial charge in [0.2, 0.25) is 5.91 Å². The Balaban J connectivity index is 2.34. The summed E-state index contributed by atoms with van der Waals surface area (Å²) in [5.74, 6) is -0.748. The van der Waals surface area contributed by atoms with Gasteiger partial charge in [0.1, 0.15) is 6.07 Å². The molecular weight excluding hydrogens is 388 g/mol. The molecular formula is C17H15BrN4O3. The molecule has 2 heterocycles. The van der Waals surface area contributed by atoms with Crippen molar-refractivity contribution >= 4 is 39.2 Å². The van der Waals surface area contributed by atoms with Gasteiger partial charge < -0.3 is 19.9 Å². The molecule has 0 spiro atoms. The first-order chi connectivity index (χ1) is 11.9. The van der Waals surface area contributed by atoms with Gasteiger partial charge in [-0.05, 0) is 24.1 Å². The number of nitrogens with two attached hydrogens (primary N) is 1. The molecule has 1 amide bonds. The van der Waals surface area contributed by atoms with Gasteiger partial charge in [0.25, 0.3) is 0 Å². The smallest absolute Gasteiger partial charge is 0.357 e. The van der Waals surface area contributed by atoms with Crippen molar-refractivity contribution in [2.45, 2.75) is 13.3 Å². The van der Waals surface area contributed by atoms with Crippen molar-refractivity contribution in [3.05, 3.63) is 39.6 Å². The average Bonchev–Trinajstić information content (AvgIpc) is 3.14. The Morgan fingerprint density at radius 1 is 1.40 bits per heavy atom. The highest BCUT2D eigenvalue weighted by Crippen LogP contribution is 2.39. The largest absolute Gasteiger partial charge is 0.464 e. The SMILES string of the molecule is COC(=O)c1c(N)c(C#N)cn1-c1cc(Br)cc2c1N(C(C)=O)CC2. The first-order valence-electron chi connectivity index (χ1n) is 7.49. The van der Waals surface area contributed by atoms with Crippen LogP contribution in [0.2, 0.25) is 0 Å². The highest BCUT2D eigenvalue weighted by Gasteiger charge is 2.30. The Morgan fingerprint density at radius 2 is 2.12 bits per heavy atom. The zero-order valence-corrected chi connectivity index (χ0v) is 15.3. The molecule has 128 valence electrons. The summed E-state index contributed by atoms with van der Waals surface area (Å²) in [4.78, 5) is 25.9. The number of fused-ring (bicyclic) bond motifs is 1. The normalized spacial score (nSPS) is 12.6. The number of nitrogen functional groups attached to an aromatic ring is 1. The molecule has 7 nitrogen and oxygen atoms in total. The van der Waals surface area contributed by atoms with Crippen LogP contribution in [-0.2, 0) is 16.0 Å². The molecule has 0 saturated heterocycles. The Labute approximate surface area is 152 Å². The van der Waals surface area contributed by atoms with Crippen molar-refractivity contribution in [1.29, 1.82) is 5.26 Å². The van der Waals surface area contributed by atoms with Crippen molar-refractivity contribution < 1.29 is 14.3 Å². The third kappa shape index (κ3) is 2.66. The number of anilines is 2. The first kappa shape index (κ1) is 17.0. The van der Waals surface area contributed by atoms with Crippen LogP contribution >= 0.6 is 15.9 Å². The second-order valence-corrected chi connectivity index (χ2v) is 6.55. The van der Waals surface area contributed by atoms with E-state index in [1.165, 1.54) is 24.8 Å². The number of hydrogen-bond acceptors (Lipinski definition) is 5. The second-order valence-electron chi connectivity index (χ2n) is 5.63. The molecule has 1 aliphatic heterocycles. The number of carbonyl (C=O) groups excluding carboxylic acids is 2. The van der Waals surface area contributed by atoms with E-state index in [2.05, 4.69) is 15.9 Å². The molecule has 1 aromatic carbocycles. The fourth-order valence-corrected chi connectivity index (χ4v) is 3.58. The number of ether oxygens (including phenoxy) is 1. The molecule has 0 aliphatic carbocycles. The topological polar surface area (TPSA) is 101 Å². The molecule has 0 fully saturated rings. The predicted molar refractivity (Wildman–Crippen MR) is 95.7 cm³/mol. The molecule has 25 heavy (non-hydrogen) atoms. The van der Waals surface area contributed by atoms with E-state index in [9.17, 15) is 14.9 Å². The maximum Gasteiger partial charge on any atom is 0.357 e. The number of amides is 1. The summed E-state index contributed by atoms with van der Waals surface area (Å²) in [5.41, 5.74) is 8.52. The van der Waals surface area contributed by atoms with E-state index >= 15 is 0 Å². The van der Waals surface area contributed by atoms with Crippen LogP contribution in [0.4, 0.5) is 11.4 Å². The molecule has 2 N–H and O–H groups in total. The molecule has 8 heteroatoms. The predicted octanol–water partition coefficient (Wildman–Crippen LogP) is 2.39. The Kier molecular flexibility index (Phi) is 4.27. The Hall–Kier alpha value is -2.79. The summed E-state index contributed by atoms with van der Waals surface area (Å²) in [5, 5.41) is 9.28. The summed E-state index contributed by atoms with van der Waals surface area (Å²) >= 11 is 3.46. The maximum absolute atomic E-state index is 12.2. The van der Waals surface area contributed by atoms with Gasteiger partial charge in [0.05, 0.1) is 29.7 Å². The van der Waals surface area contributed by atoms with E-state index in [4.69, 9.17) is 10.5 Å². The number of methoxy groups -OCH3 is 1. The number of esters is 1. The van der Waals surface area contributed by atoms with Gasteiger partial charge in [0.15, 0.2) is 5.69 Å². The van der Waals surface area contributed by atoms with Crippen molar-refractivity contribution in [2.24, 2.45) is 0 Å². The molecule has 1 aromatic heterocycles. The fraction of sp³-hybridized carbons (Fsp3) is 0.235. The summed E-state index contributed by atoms with van der Waals surface area (Å²) in [6.07, 6.45) is 2.19. The van der Waals surface area contributed by atoms with Crippen LogP contribution in [0.3, 0.4) is 0 Å². The van der Waals surface area contributed by atoms with E-state index in [0.717, 1.165) is 10.0 Å². The minimum atomic E-state index is -0.653. The number of benzene rings is 1. The van der Waals surface area contributed by atoms with Crippen molar-refractivity contribution in [2.75, 3.05) is 24.3 Å². The Morgan fingerprint density at radius 3 is 2.72 bits per heavy atom. The van der Waals surface area contributed by atoms with Crippen molar-refractivity contribution in [3.63, 3.8) is 0 Å². The minimum absolute atomic E-state index is 0.0513. The lowest BCUT2D eigenvalue weighted by atomic mass is 10.1. The van der Waals surface area contributed by atoms with E-state index in [0.29, 0.717) is 24.3 Å². The van der Waals surface area contributed by atoms with Crippen LogP contribution in [0.25, 0.3) is 5.69 Å². The van der Waals surface area contributed by atoms with Crippen LogP contribution in [0, 0.1) is 11.3 Å². The number of hydrogen-bond donors (Lipinski definition) is 1. The zero-order valence-electron chi connectivity index (χ0n) is 13.7. The third-order valence-corrected chi connectivity index (χ3v) is 4.65. The monoisotopic (exact) mass is 402 g/mol. The number of rotatable bonds is 2. The number of aromatic nitrogens is 1. The molecule has 2 aromatic rings. The number of nitrogens with zero attached hydrogens (tertiary/aromatic N) is 3. The molecule has 0 radical (unpaired) electrons. The number of nitriles is 1. The molecule has 0 atom stereocenters. The van der Waals surface area contributed by atoms with Gasteiger partial charge in [0, 0.05) is 24.1 Å².